The largest absolute Gasteiger partial charge is 0.493 e. The highest BCUT2D eigenvalue weighted by Crippen LogP contribution is 2.43. The van der Waals surface area contributed by atoms with Gasteiger partial charge in [0.25, 0.3) is 0 Å². The third-order valence-corrected chi connectivity index (χ3v) is 3.73. The van der Waals surface area contributed by atoms with Crippen LogP contribution in [-0.2, 0) is 0 Å². The average Bonchev–Trinajstić information content (AvgIpc) is 2.60. The fraction of sp³-hybridized carbons (Fsp3) is 0.167. The maximum atomic E-state index is 12.3. The molecule has 5 heteroatoms. The van der Waals surface area contributed by atoms with Crippen LogP contribution in [0.1, 0.15) is 0 Å². The molecule has 0 aliphatic carbocycles. The van der Waals surface area contributed by atoms with Gasteiger partial charge in [-0.25, -0.2) is 0 Å². The third kappa shape index (κ3) is 2.50. The van der Waals surface area contributed by atoms with Crippen LogP contribution in [0.4, 0.5) is 0 Å². The van der Waals surface area contributed by atoms with E-state index >= 15 is 0 Å². The highest BCUT2D eigenvalue weighted by atomic mass is 16.5. The number of rotatable bonds is 4. The minimum Gasteiger partial charge on any atom is -0.493 e. The maximum Gasteiger partial charge on any atom is 0.203 e. The van der Waals surface area contributed by atoms with Gasteiger partial charge in [0.1, 0.15) is 0 Å². The quantitative estimate of drug-likeness (QED) is 0.803. The standard InChI is InChI=1S/C18H17NO4/c1-21-16-9-8-12(17(22-2)18(16)23-3)14-10-15(20)11-6-4-5-7-13(11)19-14/h4-10H,1-3H3,(H,19,20). The number of hydrogen-bond acceptors (Lipinski definition) is 4. The van der Waals surface area contributed by atoms with E-state index < -0.39 is 0 Å². The van der Waals surface area contributed by atoms with Gasteiger partial charge >= 0.3 is 0 Å². The summed E-state index contributed by atoms with van der Waals surface area (Å²) in [5.41, 5.74) is 2.11. The number of hydrogen-bond donors (Lipinski definition) is 1. The van der Waals surface area contributed by atoms with Crippen LogP contribution in [0.3, 0.4) is 0 Å². The predicted molar refractivity (Wildman–Crippen MR) is 89.7 cm³/mol. The molecule has 0 spiro atoms. The van der Waals surface area contributed by atoms with E-state index in [-0.39, 0.29) is 5.43 Å². The van der Waals surface area contributed by atoms with Crippen molar-refractivity contribution in [3.8, 4) is 28.5 Å². The second-order valence-electron chi connectivity index (χ2n) is 4.97. The molecule has 0 aliphatic rings. The number of ether oxygens (including phenoxy) is 3. The zero-order valence-corrected chi connectivity index (χ0v) is 13.2. The van der Waals surface area contributed by atoms with Crippen LogP contribution >= 0.6 is 0 Å². The number of fused-ring (bicyclic) bond motifs is 1. The van der Waals surface area contributed by atoms with Gasteiger partial charge in [-0.15, -0.1) is 0 Å². The molecule has 0 aliphatic heterocycles. The number of pyridine rings is 1. The van der Waals surface area contributed by atoms with Gasteiger partial charge < -0.3 is 19.2 Å². The number of methoxy groups -OCH3 is 3. The van der Waals surface area contributed by atoms with E-state index in [0.29, 0.717) is 28.3 Å². The molecular formula is C18H17NO4. The summed E-state index contributed by atoms with van der Waals surface area (Å²) in [5, 5.41) is 0.649. The molecule has 1 heterocycles. The van der Waals surface area contributed by atoms with Crippen LogP contribution < -0.4 is 19.6 Å². The first-order valence-electron chi connectivity index (χ1n) is 7.11. The molecule has 23 heavy (non-hydrogen) atoms. The molecule has 5 nitrogen and oxygen atoms in total. The average molecular weight is 311 g/mol. The molecule has 3 aromatic rings. The van der Waals surface area contributed by atoms with Crippen molar-refractivity contribution in [1.29, 1.82) is 0 Å². The topological polar surface area (TPSA) is 60.6 Å². The zero-order valence-electron chi connectivity index (χ0n) is 13.2. The predicted octanol–water partition coefficient (Wildman–Crippen LogP) is 3.22. The molecule has 0 saturated carbocycles. The summed E-state index contributed by atoms with van der Waals surface area (Å²) in [6.07, 6.45) is 0. The van der Waals surface area contributed by atoms with Gasteiger partial charge in [0, 0.05) is 22.5 Å². The molecule has 2 aromatic carbocycles. The van der Waals surface area contributed by atoms with Gasteiger partial charge in [0.05, 0.1) is 27.0 Å². The molecule has 0 unspecified atom stereocenters. The van der Waals surface area contributed by atoms with Crippen molar-refractivity contribution in [1.82, 2.24) is 4.98 Å². The molecule has 0 fully saturated rings. The Morgan fingerprint density at radius 2 is 1.61 bits per heavy atom. The summed E-state index contributed by atoms with van der Waals surface area (Å²) in [6.45, 7) is 0. The molecule has 0 atom stereocenters. The molecule has 0 bridgehead atoms. The first-order chi connectivity index (χ1) is 11.2. The summed E-state index contributed by atoms with van der Waals surface area (Å²) in [4.78, 5) is 15.6. The van der Waals surface area contributed by atoms with Crippen LogP contribution in [0.25, 0.3) is 22.2 Å². The van der Waals surface area contributed by atoms with Crippen LogP contribution in [-0.4, -0.2) is 26.3 Å². The van der Waals surface area contributed by atoms with E-state index in [4.69, 9.17) is 14.2 Å². The van der Waals surface area contributed by atoms with Gasteiger partial charge in [-0.05, 0) is 24.3 Å². The molecular weight excluding hydrogens is 294 g/mol. The highest BCUT2D eigenvalue weighted by Gasteiger charge is 2.18. The lowest BCUT2D eigenvalue weighted by atomic mass is 10.1. The number of aromatic nitrogens is 1. The molecule has 0 saturated heterocycles. The summed E-state index contributed by atoms with van der Waals surface area (Å²) in [6, 6.07) is 12.6. The smallest absolute Gasteiger partial charge is 0.203 e. The van der Waals surface area contributed by atoms with Crippen molar-refractivity contribution in [2.24, 2.45) is 0 Å². The number of aromatic amines is 1. The van der Waals surface area contributed by atoms with Crippen molar-refractivity contribution in [3.05, 3.63) is 52.7 Å². The summed E-state index contributed by atoms with van der Waals surface area (Å²) in [5.74, 6) is 1.57. The normalized spacial score (nSPS) is 10.6. The lowest BCUT2D eigenvalue weighted by molar-refractivity contribution is 0.325. The van der Waals surface area contributed by atoms with Crippen molar-refractivity contribution in [2.45, 2.75) is 0 Å². The van der Waals surface area contributed by atoms with Gasteiger partial charge in [-0.3, -0.25) is 4.79 Å². The van der Waals surface area contributed by atoms with E-state index in [1.807, 2.05) is 24.3 Å². The summed E-state index contributed by atoms with van der Waals surface area (Å²) >= 11 is 0. The van der Waals surface area contributed by atoms with Gasteiger partial charge in [-0.2, -0.15) is 0 Å². The molecule has 1 aromatic heterocycles. The maximum absolute atomic E-state index is 12.3. The van der Waals surface area contributed by atoms with Crippen LogP contribution in [0, 0.1) is 0 Å². The Labute approximate surface area is 133 Å². The minimum atomic E-state index is -0.0498. The van der Waals surface area contributed by atoms with Crippen molar-refractivity contribution in [3.63, 3.8) is 0 Å². The number of nitrogens with one attached hydrogen (secondary N) is 1. The first kappa shape index (κ1) is 15.0. The van der Waals surface area contributed by atoms with E-state index in [0.717, 1.165) is 11.1 Å². The first-order valence-corrected chi connectivity index (χ1v) is 7.11. The lowest BCUT2D eigenvalue weighted by Crippen LogP contribution is -2.04. The molecule has 0 amide bonds. The summed E-state index contributed by atoms with van der Waals surface area (Å²) < 4.78 is 16.2. The lowest BCUT2D eigenvalue weighted by Gasteiger charge is -2.16. The van der Waals surface area contributed by atoms with E-state index in [1.165, 1.54) is 0 Å². The Balaban J connectivity index is 2.28. The highest BCUT2D eigenvalue weighted by molar-refractivity contribution is 5.83. The molecule has 0 radical (unpaired) electrons. The third-order valence-electron chi connectivity index (χ3n) is 3.73. The van der Waals surface area contributed by atoms with Crippen molar-refractivity contribution >= 4 is 10.9 Å². The van der Waals surface area contributed by atoms with Crippen LogP contribution in [0.15, 0.2) is 47.3 Å². The zero-order chi connectivity index (χ0) is 16.4. The SMILES string of the molecule is COc1ccc(-c2cc(=O)c3ccccc3[nH]2)c(OC)c1OC. The monoisotopic (exact) mass is 311 g/mol. The second kappa shape index (κ2) is 6.04. The summed E-state index contributed by atoms with van der Waals surface area (Å²) in [7, 11) is 4.67. The second-order valence-corrected chi connectivity index (χ2v) is 4.97. The Hall–Kier alpha value is -2.95. The molecule has 3 rings (SSSR count). The Morgan fingerprint density at radius 1 is 0.870 bits per heavy atom. The number of H-pyrrole nitrogens is 1. The Morgan fingerprint density at radius 3 is 2.30 bits per heavy atom. The Kier molecular flexibility index (Phi) is 3.93. The van der Waals surface area contributed by atoms with Gasteiger partial charge in [0.2, 0.25) is 5.75 Å². The van der Waals surface area contributed by atoms with E-state index in [9.17, 15) is 4.79 Å². The van der Waals surface area contributed by atoms with Crippen LogP contribution in [0.2, 0.25) is 0 Å². The van der Waals surface area contributed by atoms with E-state index in [2.05, 4.69) is 4.98 Å². The number of para-hydroxylation sites is 1. The van der Waals surface area contributed by atoms with Gasteiger partial charge in [0.15, 0.2) is 16.9 Å². The van der Waals surface area contributed by atoms with E-state index in [1.54, 1.807) is 39.5 Å². The van der Waals surface area contributed by atoms with Gasteiger partial charge in [-0.1, -0.05) is 12.1 Å². The Bertz CT molecular complexity index is 915. The molecule has 1 N–H and O–H groups in total. The van der Waals surface area contributed by atoms with Crippen molar-refractivity contribution in [2.75, 3.05) is 21.3 Å². The van der Waals surface area contributed by atoms with Crippen LogP contribution in [0.5, 0.6) is 17.2 Å². The number of benzene rings is 2. The van der Waals surface area contributed by atoms with Crippen molar-refractivity contribution < 1.29 is 14.2 Å². The molecule has 118 valence electrons. The minimum absolute atomic E-state index is 0.0498. The fourth-order valence-corrected chi connectivity index (χ4v) is 2.66. The fourth-order valence-electron chi connectivity index (χ4n) is 2.66.